The highest BCUT2D eigenvalue weighted by atomic mass is 16.4. The third-order valence-electron chi connectivity index (χ3n) is 3.15. The zero-order valence-electron chi connectivity index (χ0n) is 11.8. The molecule has 0 saturated carbocycles. The number of hydrogen-bond donors (Lipinski definition) is 3. The maximum atomic E-state index is 12.1. The van der Waals surface area contributed by atoms with Gasteiger partial charge in [-0.1, -0.05) is 31.1 Å². The lowest BCUT2D eigenvalue weighted by Gasteiger charge is -2.21. The first-order chi connectivity index (χ1) is 8.78. The molecule has 0 heterocycles. The average molecular weight is 263 g/mol. The molecule has 0 fully saturated rings. The minimum atomic E-state index is -1.06. The Bertz CT molecular complexity index is 476. The molecule has 5 heteroatoms. The summed E-state index contributed by atoms with van der Waals surface area (Å²) >= 11 is 0. The fourth-order valence-corrected chi connectivity index (χ4v) is 1.48. The van der Waals surface area contributed by atoms with Gasteiger partial charge in [0.05, 0.1) is 0 Å². The summed E-state index contributed by atoms with van der Waals surface area (Å²) in [6, 6.07) is 7.62. The predicted molar refractivity (Wildman–Crippen MR) is 76.4 cm³/mol. The van der Waals surface area contributed by atoms with Gasteiger partial charge in [0.15, 0.2) is 5.84 Å². The van der Waals surface area contributed by atoms with Gasteiger partial charge >= 0.3 is 0 Å². The smallest absolute Gasteiger partial charge is 0.237 e. The van der Waals surface area contributed by atoms with E-state index in [9.17, 15) is 4.79 Å². The zero-order chi connectivity index (χ0) is 14.6. The van der Waals surface area contributed by atoms with Crippen molar-refractivity contribution >= 4 is 17.4 Å². The topological polar surface area (TPSA) is 87.7 Å². The molecular weight excluding hydrogens is 242 g/mol. The quantitative estimate of drug-likeness (QED) is 0.337. The van der Waals surface area contributed by atoms with Crippen molar-refractivity contribution in [3.63, 3.8) is 0 Å². The predicted octanol–water partition coefficient (Wildman–Crippen LogP) is 2.52. The number of amidine groups is 1. The van der Waals surface area contributed by atoms with Gasteiger partial charge in [0.2, 0.25) is 5.91 Å². The lowest BCUT2D eigenvalue weighted by molar-refractivity contribution is -0.121. The van der Waals surface area contributed by atoms with Crippen LogP contribution in [0.15, 0.2) is 29.4 Å². The van der Waals surface area contributed by atoms with E-state index in [0.717, 1.165) is 0 Å². The van der Waals surface area contributed by atoms with Gasteiger partial charge in [0, 0.05) is 5.69 Å². The van der Waals surface area contributed by atoms with Crippen LogP contribution in [0.25, 0.3) is 0 Å². The molecule has 1 rings (SSSR count). The molecular formula is C14H21N3O2. The van der Waals surface area contributed by atoms with Gasteiger partial charge in [0.25, 0.3) is 0 Å². The number of oxime groups is 1. The van der Waals surface area contributed by atoms with Crippen molar-refractivity contribution in [1.29, 1.82) is 0 Å². The molecule has 0 saturated heterocycles. The zero-order valence-corrected chi connectivity index (χ0v) is 11.8. The van der Waals surface area contributed by atoms with Crippen LogP contribution in [-0.4, -0.2) is 17.0 Å². The van der Waals surface area contributed by atoms with E-state index in [0.29, 0.717) is 11.6 Å². The average Bonchev–Trinajstić information content (AvgIpc) is 2.38. The molecule has 104 valence electrons. The van der Waals surface area contributed by atoms with Crippen molar-refractivity contribution in [2.75, 3.05) is 5.32 Å². The summed E-state index contributed by atoms with van der Waals surface area (Å²) < 4.78 is 0. The summed E-state index contributed by atoms with van der Waals surface area (Å²) in [5.74, 6) is 0.00209. The Labute approximate surface area is 113 Å². The van der Waals surface area contributed by atoms with Gasteiger partial charge in [-0.3, -0.25) is 4.79 Å². The number of carbonyl (C=O) groups is 1. The highest BCUT2D eigenvalue weighted by Gasteiger charge is 2.32. The Kier molecular flexibility index (Phi) is 4.53. The Hall–Kier alpha value is -2.04. The Balaban J connectivity index is 2.83. The van der Waals surface area contributed by atoms with Crippen molar-refractivity contribution < 1.29 is 10.0 Å². The van der Waals surface area contributed by atoms with Gasteiger partial charge in [-0.05, 0) is 37.5 Å². The molecule has 5 nitrogen and oxygen atoms in total. The molecule has 19 heavy (non-hydrogen) atoms. The van der Waals surface area contributed by atoms with Gasteiger partial charge in [-0.2, -0.15) is 0 Å². The van der Waals surface area contributed by atoms with E-state index in [2.05, 4.69) is 24.3 Å². The summed E-state index contributed by atoms with van der Waals surface area (Å²) in [7, 11) is 0. The van der Waals surface area contributed by atoms with Crippen LogP contribution < -0.4 is 11.1 Å². The van der Waals surface area contributed by atoms with Crippen molar-refractivity contribution in [3.8, 4) is 0 Å². The van der Waals surface area contributed by atoms with E-state index < -0.39 is 5.41 Å². The number of rotatable bonds is 4. The number of amides is 1. The van der Waals surface area contributed by atoms with Crippen molar-refractivity contribution in [3.05, 3.63) is 29.8 Å². The SMILES string of the molecule is CC(C)c1ccc(NC(=O)C(C)(C)C(N)=NO)cc1. The largest absolute Gasteiger partial charge is 0.409 e. The second-order valence-electron chi connectivity index (χ2n) is 5.34. The second kappa shape index (κ2) is 5.73. The monoisotopic (exact) mass is 263 g/mol. The van der Waals surface area contributed by atoms with Gasteiger partial charge in [-0.15, -0.1) is 0 Å². The van der Waals surface area contributed by atoms with E-state index >= 15 is 0 Å². The lowest BCUT2D eigenvalue weighted by atomic mass is 9.91. The van der Waals surface area contributed by atoms with E-state index in [1.807, 2.05) is 24.3 Å². The van der Waals surface area contributed by atoms with Gasteiger partial charge < -0.3 is 16.3 Å². The van der Waals surface area contributed by atoms with Gasteiger partial charge in [0.1, 0.15) is 5.41 Å². The highest BCUT2D eigenvalue weighted by Crippen LogP contribution is 2.21. The maximum Gasteiger partial charge on any atom is 0.237 e. The molecule has 0 bridgehead atoms. The van der Waals surface area contributed by atoms with Crippen molar-refractivity contribution in [2.45, 2.75) is 33.6 Å². The first kappa shape index (κ1) is 15.0. The van der Waals surface area contributed by atoms with E-state index in [1.54, 1.807) is 13.8 Å². The molecule has 0 spiro atoms. The summed E-state index contributed by atoms with van der Waals surface area (Å²) in [4.78, 5) is 12.1. The molecule has 1 amide bonds. The number of carbonyl (C=O) groups excluding carboxylic acids is 1. The molecule has 1 aromatic carbocycles. The number of anilines is 1. The molecule has 0 aliphatic rings. The summed E-state index contributed by atoms with van der Waals surface area (Å²) in [5.41, 5.74) is 6.33. The third-order valence-corrected chi connectivity index (χ3v) is 3.15. The normalized spacial score (nSPS) is 12.6. The third kappa shape index (κ3) is 3.47. The number of nitrogens with two attached hydrogens (primary N) is 1. The van der Waals surface area contributed by atoms with Crippen molar-refractivity contribution in [1.82, 2.24) is 0 Å². The molecule has 0 aromatic heterocycles. The minimum Gasteiger partial charge on any atom is -0.409 e. The van der Waals surface area contributed by atoms with Crippen LogP contribution in [0.4, 0.5) is 5.69 Å². The van der Waals surface area contributed by atoms with Crippen LogP contribution in [0, 0.1) is 5.41 Å². The van der Waals surface area contributed by atoms with Crippen LogP contribution in [0.1, 0.15) is 39.2 Å². The fourth-order valence-electron chi connectivity index (χ4n) is 1.48. The number of hydrogen-bond acceptors (Lipinski definition) is 3. The molecule has 0 aliphatic heterocycles. The standard InChI is InChI=1S/C14H21N3O2/c1-9(2)10-5-7-11(8-6-10)16-13(18)14(3,4)12(15)17-19/h5-9,19H,1-4H3,(H2,15,17)(H,16,18). The summed E-state index contributed by atoms with van der Waals surface area (Å²) in [6.07, 6.45) is 0. The Morgan fingerprint density at radius 2 is 1.84 bits per heavy atom. The van der Waals surface area contributed by atoms with Crippen LogP contribution in [0.2, 0.25) is 0 Å². The molecule has 0 unspecified atom stereocenters. The number of benzene rings is 1. The van der Waals surface area contributed by atoms with Crippen LogP contribution in [-0.2, 0) is 4.79 Å². The first-order valence-corrected chi connectivity index (χ1v) is 6.18. The highest BCUT2D eigenvalue weighted by molar-refractivity contribution is 6.11. The maximum absolute atomic E-state index is 12.1. The van der Waals surface area contributed by atoms with E-state index in [1.165, 1.54) is 5.56 Å². The van der Waals surface area contributed by atoms with Crippen molar-refractivity contribution in [2.24, 2.45) is 16.3 Å². The molecule has 0 radical (unpaired) electrons. The Morgan fingerprint density at radius 1 is 1.32 bits per heavy atom. The summed E-state index contributed by atoms with van der Waals surface area (Å²) in [6.45, 7) is 7.41. The van der Waals surface area contributed by atoms with E-state index in [4.69, 9.17) is 10.9 Å². The van der Waals surface area contributed by atoms with Crippen LogP contribution in [0.5, 0.6) is 0 Å². The lowest BCUT2D eigenvalue weighted by Crippen LogP contribution is -2.42. The fraction of sp³-hybridized carbons (Fsp3) is 0.429. The molecule has 1 aromatic rings. The van der Waals surface area contributed by atoms with E-state index in [-0.39, 0.29) is 11.7 Å². The Morgan fingerprint density at radius 3 is 2.26 bits per heavy atom. The summed E-state index contributed by atoms with van der Waals surface area (Å²) in [5, 5.41) is 14.3. The number of nitrogens with one attached hydrogen (secondary N) is 1. The van der Waals surface area contributed by atoms with Gasteiger partial charge in [-0.25, -0.2) is 0 Å². The minimum absolute atomic E-state index is 0.121. The molecule has 0 aliphatic carbocycles. The van der Waals surface area contributed by atoms with Crippen LogP contribution >= 0.6 is 0 Å². The second-order valence-corrected chi connectivity index (χ2v) is 5.34. The van der Waals surface area contributed by atoms with Crippen LogP contribution in [0.3, 0.4) is 0 Å². The first-order valence-electron chi connectivity index (χ1n) is 6.18. The molecule has 0 atom stereocenters. The molecule has 4 N–H and O–H groups in total. The number of nitrogens with zero attached hydrogens (tertiary/aromatic N) is 1.